The molecule has 0 atom stereocenters. The molecule has 3 aliphatic heterocycles. The summed E-state index contributed by atoms with van der Waals surface area (Å²) in [4.78, 5) is 16.1. The molecule has 0 saturated carbocycles. The third-order valence-corrected chi connectivity index (χ3v) is 7.05. The van der Waals surface area contributed by atoms with Crippen molar-refractivity contribution in [3.05, 3.63) is 56.8 Å². The normalized spacial score (nSPS) is 23.9. The summed E-state index contributed by atoms with van der Waals surface area (Å²) in [6.07, 6.45) is 3.49. The third-order valence-electron chi connectivity index (χ3n) is 3.88. The van der Waals surface area contributed by atoms with E-state index < -0.39 is 0 Å². The lowest BCUT2D eigenvalue weighted by Gasteiger charge is -2.14. The number of hydrogen-bond donors (Lipinski definition) is 0. The van der Waals surface area contributed by atoms with Crippen LogP contribution in [-0.4, -0.2) is 29.1 Å². The fraction of sp³-hybridized carbons (Fsp3) is 0.176. The first-order chi connectivity index (χ1) is 12.1. The summed E-state index contributed by atoms with van der Waals surface area (Å²) in [5.41, 5.74) is 0.525. The highest BCUT2D eigenvalue weighted by Crippen LogP contribution is 2.50. The van der Waals surface area contributed by atoms with Gasteiger partial charge in [0.05, 0.1) is 18.0 Å². The highest BCUT2D eigenvalue weighted by Gasteiger charge is 2.42. The van der Waals surface area contributed by atoms with Crippen LogP contribution in [0.2, 0.25) is 0 Å². The average Bonchev–Trinajstić information content (AvgIpc) is 3.28. The van der Waals surface area contributed by atoms with Crippen LogP contribution in [0.4, 0.5) is 10.1 Å². The number of carbonyl (C=O) groups is 1. The Bertz CT molecular complexity index is 895. The number of hydrogen-bond acceptors (Lipinski definition) is 6. The average molecular weight is 394 g/mol. The topological polar surface area (TPSA) is 32.5 Å². The zero-order valence-corrected chi connectivity index (χ0v) is 15.9. The molecule has 0 bridgehead atoms. The minimum Gasteiger partial charge on any atom is -0.457 e. The van der Waals surface area contributed by atoms with Gasteiger partial charge in [0.2, 0.25) is 0 Å². The summed E-state index contributed by atoms with van der Waals surface area (Å²) < 4.78 is 21.3. The van der Waals surface area contributed by atoms with E-state index in [1.807, 2.05) is 24.5 Å². The van der Waals surface area contributed by atoms with Gasteiger partial charge in [0.15, 0.2) is 16.5 Å². The van der Waals surface area contributed by atoms with Crippen LogP contribution in [-0.2, 0) is 9.53 Å². The largest absolute Gasteiger partial charge is 0.457 e. The van der Waals surface area contributed by atoms with Gasteiger partial charge in [0.25, 0.3) is 5.04 Å². The van der Waals surface area contributed by atoms with Crippen LogP contribution >= 0.6 is 35.3 Å². The van der Waals surface area contributed by atoms with Gasteiger partial charge in [-0.25, -0.2) is 9.18 Å². The second-order valence-corrected chi connectivity index (χ2v) is 8.31. The number of nitrogens with zero attached hydrogens (tertiary/aromatic N) is 2. The number of halogens is 1. The van der Waals surface area contributed by atoms with E-state index in [1.54, 1.807) is 28.9 Å². The van der Waals surface area contributed by atoms with E-state index in [4.69, 9.17) is 4.74 Å². The van der Waals surface area contributed by atoms with Gasteiger partial charge in [0, 0.05) is 17.4 Å². The lowest BCUT2D eigenvalue weighted by Crippen LogP contribution is -2.21. The molecule has 0 N–H and O–H groups in total. The van der Waals surface area contributed by atoms with Gasteiger partial charge in [-0.15, -0.1) is 0 Å². The third kappa shape index (κ3) is 2.82. The number of fused-ring (bicyclic) bond motifs is 1. The van der Waals surface area contributed by atoms with Crippen LogP contribution in [0.3, 0.4) is 0 Å². The van der Waals surface area contributed by atoms with E-state index in [2.05, 4.69) is 0 Å². The van der Waals surface area contributed by atoms with Crippen molar-refractivity contribution in [2.24, 2.45) is 0 Å². The van der Waals surface area contributed by atoms with Crippen LogP contribution in [0.15, 0.2) is 55.9 Å². The van der Waals surface area contributed by atoms with Crippen molar-refractivity contribution in [1.29, 1.82) is 0 Å². The maximum absolute atomic E-state index is 14.2. The Kier molecular flexibility index (Phi) is 4.43. The number of benzene rings is 1. The summed E-state index contributed by atoms with van der Waals surface area (Å²) >= 11 is 4.31. The van der Waals surface area contributed by atoms with Gasteiger partial charge in [-0.05, 0) is 30.8 Å². The Morgan fingerprint density at radius 1 is 1.36 bits per heavy atom. The quantitative estimate of drug-likeness (QED) is 0.550. The Hall–Kier alpha value is -1.64. The first kappa shape index (κ1) is 16.8. The Morgan fingerprint density at radius 3 is 2.88 bits per heavy atom. The molecule has 0 saturated heterocycles. The number of rotatable bonds is 2. The standard InChI is InChI=1S/C17H14FN2O2S3/c1-3-20-12(9-13-22-7-8-23-13)25-15(16(20)21)17-19(2)14-10(18)5-4-6-11(14)24-17/h4-9H,3H2,1-2H3/q+1/b13-9-,17-15+. The number of para-hydroxylation sites is 1. The van der Waals surface area contributed by atoms with Crippen molar-refractivity contribution < 1.29 is 18.5 Å². The number of anilines is 1. The smallest absolute Gasteiger partial charge is 0.430 e. The van der Waals surface area contributed by atoms with Gasteiger partial charge < -0.3 is 9.64 Å². The predicted molar refractivity (Wildman–Crippen MR) is 102 cm³/mol. The van der Waals surface area contributed by atoms with E-state index >= 15 is 0 Å². The van der Waals surface area contributed by atoms with Crippen LogP contribution in [0.1, 0.15) is 6.92 Å². The van der Waals surface area contributed by atoms with Crippen molar-refractivity contribution >= 4 is 51.9 Å². The monoisotopic (exact) mass is 393 g/mol. The summed E-state index contributed by atoms with van der Waals surface area (Å²) in [5.74, 6) is -0.336. The molecular formula is C17H14FN2O2S3+. The van der Waals surface area contributed by atoms with Crippen molar-refractivity contribution in [2.75, 3.05) is 18.5 Å². The van der Waals surface area contributed by atoms with Crippen molar-refractivity contribution in [1.82, 2.24) is 0 Å². The number of amides is 1. The predicted octanol–water partition coefficient (Wildman–Crippen LogP) is 4.32. The lowest BCUT2D eigenvalue weighted by molar-refractivity contribution is -0.435. The molecule has 4 nitrogen and oxygen atoms in total. The van der Waals surface area contributed by atoms with Crippen LogP contribution in [0, 0.1) is 5.82 Å². The van der Waals surface area contributed by atoms with Crippen LogP contribution < -0.4 is 4.90 Å². The minimum atomic E-state index is -0.279. The number of likely N-dealkylation sites (N-methyl/N-ethyl adjacent to an activating group) is 1. The molecule has 8 heteroatoms. The van der Waals surface area contributed by atoms with Crippen molar-refractivity contribution in [3.8, 4) is 0 Å². The van der Waals surface area contributed by atoms with E-state index in [0.29, 0.717) is 17.1 Å². The molecule has 25 heavy (non-hydrogen) atoms. The van der Waals surface area contributed by atoms with E-state index in [9.17, 15) is 9.18 Å². The first-order valence-corrected chi connectivity index (χ1v) is 10.1. The van der Waals surface area contributed by atoms with E-state index in [1.165, 1.54) is 41.4 Å². The van der Waals surface area contributed by atoms with E-state index in [0.717, 1.165) is 20.1 Å². The molecule has 0 aromatic heterocycles. The Balaban J connectivity index is 1.72. The second kappa shape index (κ2) is 6.59. The molecule has 0 unspecified atom stereocenters. The molecule has 1 amide bonds. The van der Waals surface area contributed by atoms with Crippen LogP contribution in [0.5, 0.6) is 0 Å². The molecule has 1 aromatic rings. The SMILES string of the molecule is CC[N+]1=C(/C=C2/OC=CS2)S/C(=C2/Sc3cccc(F)c3N2C)C1=O. The molecule has 3 heterocycles. The first-order valence-electron chi connectivity index (χ1n) is 7.61. The van der Waals surface area contributed by atoms with Gasteiger partial charge in [-0.3, -0.25) is 0 Å². The summed E-state index contributed by atoms with van der Waals surface area (Å²) in [5, 5.41) is 4.18. The fourth-order valence-corrected chi connectivity index (χ4v) is 5.80. The molecule has 0 fully saturated rings. The van der Waals surface area contributed by atoms with Gasteiger partial charge in [-0.1, -0.05) is 29.6 Å². The van der Waals surface area contributed by atoms with Gasteiger partial charge >= 0.3 is 5.91 Å². The molecule has 0 aliphatic carbocycles. The summed E-state index contributed by atoms with van der Waals surface area (Å²) in [6.45, 7) is 2.50. The molecular weight excluding hydrogens is 379 g/mol. The zero-order chi connectivity index (χ0) is 17.6. The van der Waals surface area contributed by atoms with E-state index in [-0.39, 0.29) is 11.7 Å². The number of thioether (sulfide) groups is 3. The Morgan fingerprint density at radius 2 is 2.20 bits per heavy atom. The molecule has 0 spiro atoms. The molecule has 3 aliphatic rings. The summed E-state index contributed by atoms with van der Waals surface area (Å²) in [6, 6.07) is 5.00. The molecule has 0 radical (unpaired) electrons. The van der Waals surface area contributed by atoms with Gasteiger partial charge in [-0.2, -0.15) is 4.58 Å². The van der Waals surface area contributed by atoms with Gasteiger partial charge in [0.1, 0.15) is 10.8 Å². The molecule has 4 rings (SSSR count). The maximum atomic E-state index is 14.2. The molecule has 1 aromatic carbocycles. The Labute approximate surface area is 157 Å². The fourth-order valence-electron chi connectivity index (χ4n) is 2.73. The minimum absolute atomic E-state index is 0.0575. The highest BCUT2D eigenvalue weighted by molar-refractivity contribution is 8.19. The van der Waals surface area contributed by atoms with Crippen molar-refractivity contribution in [3.63, 3.8) is 0 Å². The molecule has 128 valence electrons. The number of carbonyl (C=O) groups excluding carboxylic acids is 1. The lowest BCUT2D eigenvalue weighted by atomic mass is 10.3. The van der Waals surface area contributed by atoms with Crippen LogP contribution in [0.25, 0.3) is 0 Å². The maximum Gasteiger partial charge on any atom is 0.430 e. The second-order valence-electron chi connectivity index (χ2n) is 5.34. The number of ether oxygens (including phenoxy) is 1. The van der Waals surface area contributed by atoms with Crippen molar-refractivity contribution in [2.45, 2.75) is 11.8 Å². The zero-order valence-electron chi connectivity index (χ0n) is 13.5. The highest BCUT2D eigenvalue weighted by atomic mass is 32.2. The summed E-state index contributed by atoms with van der Waals surface area (Å²) in [7, 11) is 1.80.